The van der Waals surface area contributed by atoms with Crippen LogP contribution in [-0.2, 0) is 28.6 Å². The zero-order chi connectivity index (χ0) is 27.6. The van der Waals surface area contributed by atoms with Crippen LogP contribution in [0.2, 0.25) is 0 Å². The Morgan fingerprint density at radius 3 is 2.03 bits per heavy atom. The van der Waals surface area contributed by atoms with Gasteiger partial charge in [-0.2, -0.15) is 0 Å². The van der Waals surface area contributed by atoms with Crippen LogP contribution in [0.1, 0.15) is 52.4 Å². The molecule has 0 aliphatic carbocycles. The topological polar surface area (TPSA) is 196 Å². The molecule has 216 valence electrons. The van der Waals surface area contributed by atoms with Gasteiger partial charge in [0.15, 0.2) is 6.29 Å². The van der Waals surface area contributed by atoms with E-state index in [2.05, 4.69) is 16.0 Å². The zero-order valence-corrected chi connectivity index (χ0v) is 21.9. The van der Waals surface area contributed by atoms with Gasteiger partial charge >= 0.3 is 0 Å². The Hall–Kier alpha value is -1.87. The van der Waals surface area contributed by atoms with Crippen LogP contribution in [0.5, 0.6) is 0 Å². The number of hydrogen-bond acceptors (Lipinski definition) is 10. The molecule has 0 aromatic carbocycles. The summed E-state index contributed by atoms with van der Waals surface area (Å²) in [6.45, 7) is 4.57. The smallest absolute Gasteiger partial charge is 0.220 e. The molecule has 0 bridgehead atoms. The molecule has 13 heteroatoms. The average Bonchev–Trinajstić information content (AvgIpc) is 2.87. The predicted octanol–water partition coefficient (Wildman–Crippen LogP) is -1.84. The molecule has 1 aliphatic heterocycles. The van der Waals surface area contributed by atoms with Crippen LogP contribution >= 0.6 is 0 Å². The fourth-order valence-electron chi connectivity index (χ4n) is 3.68. The van der Waals surface area contributed by atoms with Gasteiger partial charge in [0, 0.05) is 46.1 Å². The van der Waals surface area contributed by atoms with Gasteiger partial charge in [0.05, 0.1) is 19.8 Å². The number of amides is 3. The Bertz CT molecular complexity index is 669. The van der Waals surface area contributed by atoms with Crippen LogP contribution in [-0.4, -0.2) is 115 Å². The first-order chi connectivity index (χ1) is 17.7. The molecule has 1 aliphatic rings. The van der Waals surface area contributed by atoms with Crippen molar-refractivity contribution in [2.75, 3.05) is 46.1 Å². The fraction of sp³-hybridized carbons (Fsp3) is 0.875. The molecule has 37 heavy (non-hydrogen) atoms. The summed E-state index contributed by atoms with van der Waals surface area (Å²) in [6, 6.07) is -0.994. The third-order valence-corrected chi connectivity index (χ3v) is 5.80. The maximum atomic E-state index is 12.1. The Morgan fingerprint density at radius 1 is 0.892 bits per heavy atom. The quantitative estimate of drug-likeness (QED) is 0.0924. The third-order valence-electron chi connectivity index (χ3n) is 5.80. The molecular weight excluding hydrogens is 490 g/mol. The van der Waals surface area contributed by atoms with Crippen molar-refractivity contribution in [3.8, 4) is 0 Å². The molecule has 3 amide bonds. The highest BCUT2D eigenvalue weighted by molar-refractivity contribution is 5.76. The number of aliphatic hydroxyl groups is 4. The molecule has 0 aromatic heterocycles. The van der Waals surface area contributed by atoms with Gasteiger partial charge in [0.25, 0.3) is 0 Å². The summed E-state index contributed by atoms with van der Waals surface area (Å²) in [7, 11) is 0. The third kappa shape index (κ3) is 14.0. The molecule has 7 N–H and O–H groups in total. The van der Waals surface area contributed by atoms with Crippen molar-refractivity contribution in [1.29, 1.82) is 0 Å². The molecular formula is C24H45N3O10. The van der Waals surface area contributed by atoms with E-state index in [0.29, 0.717) is 52.0 Å². The number of carbonyl (C=O) groups excluding carboxylic acids is 3. The van der Waals surface area contributed by atoms with Crippen molar-refractivity contribution in [3.05, 3.63) is 0 Å². The van der Waals surface area contributed by atoms with E-state index in [4.69, 9.17) is 19.3 Å². The lowest BCUT2D eigenvalue weighted by atomic mass is 9.97. The molecule has 6 unspecified atom stereocenters. The van der Waals surface area contributed by atoms with Crippen LogP contribution in [0.25, 0.3) is 0 Å². The van der Waals surface area contributed by atoms with Gasteiger partial charge in [0.1, 0.15) is 24.4 Å². The minimum Gasteiger partial charge on any atom is -0.394 e. The predicted molar refractivity (Wildman–Crippen MR) is 132 cm³/mol. The van der Waals surface area contributed by atoms with Gasteiger partial charge in [-0.1, -0.05) is 6.92 Å². The van der Waals surface area contributed by atoms with E-state index in [1.807, 2.05) is 6.92 Å². The Kier molecular flexibility index (Phi) is 17.2. The van der Waals surface area contributed by atoms with Gasteiger partial charge in [0.2, 0.25) is 17.7 Å². The van der Waals surface area contributed by atoms with E-state index in [1.165, 1.54) is 6.92 Å². The monoisotopic (exact) mass is 535 g/mol. The summed E-state index contributed by atoms with van der Waals surface area (Å²) in [5, 5.41) is 46.4. The van der Waals surface area contributed by atoms with Gasteiger partial charge < -0.3 is 50.6 Å². The molecule has 6 atom stereocenters. The van der Waals surface area contributed by atoms with Crippen molar-refractivity contribution < 1.29 is 49.0 Å². The lowest BCUT2D eigenvalue weighted by Crippen LogP contribution is -2.64. The second-order valence-corrected chi connectivity index (χ2v) is 9.27. The minimum atomic E-state index is -1.37. The average molecular weight is 536 g/mol. The normalized spacial score (nSPS) is 24.3. The van der Waals surface area contributed by atoms with Gasteiger partial charge in [-0.05, 0) is 31.6 Å². The van der Waals surface area contributed by atoms with E-state index < -0.39 is 43.2 Å². The van der Waals surface area contributed by atoms with Crippen LogP contribution in [0.15, 0.2) is 0 Å². The lowest BCUT2D eigenvalue weighted by molar-refractivity contribution is -0.270. The lowest BCUT2D eigenvalue weighted by Gasteiger charge is -2.42. The van der Waals surface area contributed by atoms with Crippen LogP contribution < -0.4 is 16.0 Å². The number of unbranched alkanes of at least 4 members (excludes halogenated alkanes) is 2. The summed E-state index contributed by atoms with van der Waals surface area (Å²) in [4.78, 5) is 35.4. The SMILES string of the molecule is CC(=O)NC1C(OCCCCC(=O)NCC(C)CNC(=O)CCCCOCCO)OC(CO)C(O)C1O. The van der Waals surface area contributed by atoms with Crippen LogP contribution in [0.4, 0.5) is 0 Å². The Labute approximate surface area is 218 Å². The fourth-order valence-corrected chi connectivity index (χ4v) is 3.68. The van der Waals surface area contributed by atoms with Crippen molar-refractivity contribution in [3.63, 3.8) is 0 Å². The molecule has 0 aromatic rings. The molecule has 0 radical (unpaired) electrons. The largest absolute Gasteiger partial charge is 0.394 e. The number of hydrogen-bond donors (Lipinski definition) is 7. The maximum Gasteiger partial charge on any atom is 0.220 e. The Morgan fingerprint density at radius 2 is 1.49 bits per heavy atom. The standard InChI is InChI=1S/C24H45N3O10/c1-16(13-25-19(31)7-3-5-10-35-12-9-28)14-26-20(32)8-4-6-11-36-24-21(27-17(2)30)23(34)22(33)18(15-29)37-24/h16,18,21-24,28-29,33-34H,3-15H2,1-2H3,(H,25,31)(H,26,32)(H,27,30). The molecule has 1 fully saturated rings. The van der Waals surface area contributed by atoms with E-state index in [-0.39, 0.29) is 37.4 Å². The van der Waals surface area contributed by atoms with E-state index >= 15 is 0 Å². The zero-order valence-electron chi connectivity index (χ0n) is 21.9. The van der Waals surface area contributed by atoms with Crippen LogP contribution in [0.3, 0.4) is 0 Å². The first kappa shape index (κ1) is 33.2. The summed E-state index contributed by atoms with van der Waals surface area (Å²) in [5.41, 5.74) is 0. The van der Waals surface area contributed by atoms with Crippen molar-refractivity contribution in [1.82, 2.24) is 16.0 Å². The Balaban J connectivity index is 2.18. The minimum absolute atomic E-state index is 0.00859. The van der Waals surface area contributed by atoms with Gasteiger partial charge in [-0.15, -0.1) is 0 Å². The van der Waals surface area contributed by atoms with Gasteiger partial charge in [-0.3, -0.25) is 14.4 Å². The molecule has 0 spiro atoms. The first-order valence-corrected chi connectivity index (χ1v) is 12.9. The van der Waals surface area contributed by atoms with E-state index in [9.17, 15) is 29.7 Å². The molecule has 13 nitrogen and oxygen atoms in total. The second-order valence-electron chi connectivity index (χ2n) is 9.27. The number of carbonyl (C=O) groups is 3. The highest BCUT2D eigenvalue weighted by Crippen LogP contribution is 2.22. The van der Waals surface area contributed by atoms with Crippen molar-refractivity contribution >= 4 is 17.7 Å². The number of rotatable bonds is 19. The van der Waals surface area contributed by atoms with E-state index in [1.54, 1.807) is 0 Å². The first-order valence-electron chi connectivity index (χ1n) is 12.9. The summed E-state index contributed by atoms with van der Waals surface area (Å²) in [6.07, 6.45) is -1.64. The van der Waals surface area contributed by atoms with Crippen LogP contribution in [0, 0.1) is 5.92 Å². The van der Waals surface area contributed by atoms with Crippen molar-refractivity contribution in [2.45, 2.75) is 83.0 Å². The molecule has 0 saturated carbocycles. The summed E-state index contributed by atoms with van der Waals surface area (Å²) >= 11 is 0. The maximum absolute atomic E-state index is 12.1. The van der Waals surface area contributed by atoms with Crippen molar-refractivity contribution in [2.24, 2.45) is 5.92 Å². The highest BCUT2D eigenvalue weighted by Gasteiger charge is 2.45. The number of nitrogens with one attached hydrogen (secondary N) is 3. The molecule has 1 rings (SSSR count). The number of ether oxygens (including phenoxy) is 3. The summed E-state index contributed by atoms with van der Waals surface area (Å²) in [5.74, 6) is -0.526. The second kappa shape index (κ2) is 19.2. The highest BCUT2D eigenvalue weighted by atomic mass is 16.7. The van der Waals surface area contributed by atoms with Gasteiger partial charge in [-0.25, -0.2) is 0 Å². The molecule has 1 heterocycles. The van der Waals surface area contributed by atoms with E-state index in [0.717, 1.165) is 6.42 Å². The molecule has 1 saturated heterocycles. The number of aliphatic hydroxyl groups excluding tert-OH is 4. The summed E-state index contributed by atoms with van der Waals surface area (Å²) < 4.78 is 16.3.